The van der Waals surface area contributed by atoms with E-state index in [4.69, 9.17) is 15.2 Å². The van der Waals surface area contributed by atoms with Crippen LogP contribution in [0.4, 0.5) is 5.69 Å². The third-order valence-corrected chi connectivity index (χ3v) is 4.30. The van der Waals surface area contributed by atoms with Gasteiger partial charge in [-0.3, -0.25) is 5.10 Å². The molecule has 0 amide bonds. The zero-order valence-electron chi connectivity index (χ0n) is 15.8. The van der Waals surface area contributed by atoms with Crippen LogP contribution in [0.1, 0.15) is 38.3 Å². The Morgan fingerprint density at radius 1 is 0.926 bits per heavy atom. The average molecular weight is 365 g/mol. The molecule has 0 saturated carbocycles. The molecule has 0 atom stereocenters. The number of nitrogens with zero attached hydrogens (tertiary/aromatic N) is 1. The van der Waals surface area contributed by atoms with Crippen molar-refractivity contribution >= 4 is 5.69 Å². The number of aromatic nitrogens is 2. The average Bonchev–Trinajstić information content (AvgIpc) is 3.16. The number of anilines is 1. The molecule has 0 unspecified atom stereocenters. The van der Waals surface area contributed by atoms with Gasteiger partial charge in [-0.05, 0) is 48.9 Å². The SMILES string of the molecule is CCCCCCOc1ccc(-c2cc(COc3cccc(N)c3)[nH]n2)cc1. The zero-order chi connectivity index (χ0) is 18.9. The molecule has 1 heterocycles. The third kappa shape index (κ3) is 5.78. The predicted molar refractivity (Wildman–Crippen MR) is 109 cm³/mol. The molecular formula is C22H27N3O2. The van der Waals surface area contributed by atoms with E-state index in [9.17, 15) is 0 Å². The fourth-order valence-corrected chi connectivity index (χ4v) is 2.79. The fourth-order valence-electron chi connectivity index (χ4n) is 2.79. The summed E-state index contributed by atoms with van der Waals surface area (Å²) in [6.45, 7) is 3.40. The van der Waals surface area contributed by atoms with Crippen molar-refractivity contribution in [3.63, 3.8) is 0 Å². The highest BCUT2D eigenvalue weighted by Crippen LogP contribution is 2.22. The van der Waals surface area contributed by atoms with E-state index in [1.54, 1.807) is 6.07 Å². The van der Waals surface area contributed by atoms with Crippen LogP contribution in [0.25, 0.3) is 11.3 Å². The topological polar surface area (TPSA) is 73.2 Å². The summed E-state index contributed by atoms with van der Waals surface area (Å²) in [5.41, 5.74) is 9.28. The standard InChI is InChI=1S/C22H27N3O2/c1-2-3-4-5-13-26-20-11-9-17(10-12-20)22-15-19(24-25-22)16-27-21-8-6-7-18(23)14-21/h6-12,14-15H,2-5,13,16,23H2,1H3,(H,24,25). The summed E-state index contributed by atoms with van der Waals surface area (Å²) in [7, 11) is 0. The molecule has 0 saturated heterocycles. The Balaban J connectivity index is 1.51. The number of nitrogens with two attached hydrogens (primary N) is 1. The first-order valence-corrected chi connectivity index (χ1v) is 9.50. The van der Waals surface area contributed by atoms with Gasteiger partial charge < -0.3 is 15.2 Å². The summed E-state index contributed by atoms with van der Waals surface area (Å²) < 4.78 is 11.5. The number of ether oxygens (including phenoxy) is 2. The van der Waals surface area contributed by atoms with Crippen molar-refractivity contribution in [1.29, 1.82) is 0 Å². The van der Waals surface area contributed by atoms with Gasteiger partial charge in [-0.1, -0.05) is 32.3 Å². The highest BCUT2D eigenvalue weighted by molar-refractivity contribution is 5.60. The van der Waals surface area contributed by atoms with E-state index in [1.165, 1.54) is 19.3 Å². The molecule has 3 N–H and O–H groups in total. The highest BCUT2D eigenvalue weighted by atomic mass is 16.5. The largest absolute Gasteiger partial charge is 0.494 e. The fraction of sp³-hybridized carbons (Fsp3) is 0.318. The highest BCUT2D eigenvalue weighted by Gasteiger charge is 2.06. The van der Waals surface area contributed by atoms with E-state index in [1.807, 2.05) is 48.5 Å². The van der Waals surface area contributed by atoms with Gasteiger partial charge in [0.1, 0.15) is 18.1 Å². The Labute approximate surface area is 160 Å². The molecule has 3 rings (SSSR count). The van der Waals surface area contributed by atoms with Gasteiger partial charge in [0.05, 0.1) is 18.0 Å². The quantitative estimate of drug-likeness (QED) is 0.383. The van der Waals surface area contributed by atoms with Gasteiger partial charge in [0.2, 0.25) is 0 Å². The molecule has 5 nitrogen and oxygen atoms in total. The first kappa shape index (κ1) is 18.8. The van der Waals surface area contributed by atoms with Gasteiger partial charge in [-0.15, -0.1) is 0 Å². The summed E-state index contributed by atoms with van der Waals surface area (Å²) in [5.74, 6) is 1.64. The summed E-state index contributed by atoms with van der Waals surface area (Å²) in [4.78, 5) is 0. The number of H-pyrrole nitrogens is 1. The monoisotopic (exact) mass is 365 g/mol. The molecular weight excluding hydrogens is 338 g/mol. The van der Waals surface area contributed by atoms with Crippen molar-refractivity contribution in [2.24, 2.45) is 0 Å². The molecule has 3 aromatic rings. The zero-order valence-corrected chi connectivity index (χ0v) is 15.8. The summed E-state index contributed by atoms with van der Waals surface area (Å²) in [5, 5.41) is 7.39. The molecule has 0 aliphatic carbocycles. The number of hydrogen-bond donors (Lipinski definition) is 2. The minimum absolute atomic E-state index is 0.412. The van der Waals surface area contributed by atoms with Crippen molar-refractivity contribution in [2.45, 2.75) is 39.2 Å². The lowest BCUT2D eigenvalue weighted by Crippen LogP contribution is -1.96. The maximum absolute atomic E-state index is 5.79. The lowest BCUT2D eigenvalue weighted by molar-refractivity contribution is 0.301. The Bertz CT molecular complexity index is 828. The Hall–Kier alpha value is -2.95. The molecule has 27 heavy (non-hydrogen) atoms. The molecule has 2 aromatic carbocycles. The molecule has 0 radical (unpaired) electrons. The lowest BCUT2D eigenvalue weighted by atomic mass is 10.1. The van der Waals surface area contributed by atoms with Gasteiger partial charge in [0, 0.05) is 17.3 Å². The Kier molecular flexibility index (Phi) is 6.74. The number of nitrogens with one attached hydrogen (secondary N) is 1. The number of hydrogen-bond acceptors (Lipinski definition) is 4. The van der Waals surface area contributed by atoms with E-state index in [-0.39, 0.29) is 0 Å². The van der Waals surface area contributed by atoms with Crippen molar-refractivity contribution in [1.82, 2.24) is 10.2 Å². The van der Waals surface area contributed by atoms with Crippen LogP contribution in [0.5, 0.6) is 11.5 Å². The minimum Gasteiger partial charge on any atom is -0.494 e. The van der Waals surface area contributed by atoms with Gasteiger partial charge in [-0.25, -0.2) is 0 Å². The molecule has 0 fully saturated rings. The second kappa shape index (κ2) is 9.67. The molecule has 0 aliphatic rings. The van der Waals surface area contributed by atoms with Gasteiger partial charge in [-0.2, -0.15) is 5.10 Å². The van der Waals surface area contributed by atoms with Crippen LogP contribution in [0.2, 0.25) is 0 Å². The molecule has 0 aliphatic heterocycles. The maximum atomic E-state index is 5.79. The van der Waals surface area contributed by atoms with E-state index < -0.39 is 0 Å². The summed E-state index contributed by atoms with van der Waals surface area (Å²) in [6.07, 6.45) is 4.84. The number of unbranched alkanes of at least 4 members (excludes halogenated alkanes) is 3. The Morgan fingerprint density at radius 3 is 2.56 bits per heavy atom. The van der Waals surface area contributed by atoms with E-state index in [0.717, 1.165) is 41.5 Å². The summed E-state index contributed by atoms with van der Waals surface area (Å²) in [6, 6.07) is 17.4. The van der Waals surface area contributed by atoms with Crippen LogP contribution >= 0.6 is 0 Å². The van der Waals surface area contributed by atoms with Crippen LogP contribution in [-0.4, -0.2) is 16.8 Å². The predicted octanol–water partition coefficient (Wildman–Crippen LogP) is 5.20. The van der Waals surface area contributed by atoms with Crippen molar-refractivity contribution < 1.29 is 9.47 Å². The smallest absolute Gasteiger partial charge is 0.130 e. The van der Waals surface area contributed by atoms with Crippen molar-refractivity contribution in [2.75, 3.05) is 12.3 Å². The molecule has 0 spiro atoms. The molecule has 5 heteroatoms. The van der Waals surface area contributed by atoms with Crippen LogP contribution in [-0.2, 0) is 6.61 Å². The van der Waals surface area contributed by atoms with Gasteiger partial charge >= 0.3 is 0 Å². The normalized spacial score (nSPS) is 10.7. The molecule has 0 bridgehead atoms. The first-order valence-electron chi connectivity index (χ1n) is 9.50. The van der Waals surface area contributed by atoms with Crippen molar-refractivity contribution in [3.05, 3.63) is 60.3 Å². The minimum atomic E-state index is 0.412. The third-order valence-electron chi connectivity index (χ3n) is 4.30. The van der Waals surface area contributed by atoms with Crippen LogP contribution < -0.4 is 15.2 Å². The maximum Gasteiger partial charge on any atom is 0.130 e. The van der Waals surface area contributed by atoms with Crippen molar-refractivity contribution in [3.8, 4) is 22.8 Å². The lowest BCUT2D eigenvalue weighted by Gasteiger charge is -2.06. The van der Waals surface area contributed by atoms with Gasteiger partial charge in [0.25, 0.3) is 0 Å². The van der Waals surface area contributed by atoms with Crippen LogP contribution in [0.3, 0.4) is 0 Å². The molecule has 142 valence electrons. The van der Waals surface area contributed by atoms with E-state index in [0.29, 0.717) is 12.3 Å². The second-order valence-corrected chi connectivity index (χ2v) is 6.57. The second-order valence-electron chi connectivity index (χ2n) is 6.57. The number of aromatic amines is 1. The number of nitrogen functional groups attached to an aromatic ring is 1. The first-order chi connectivity index (χ1) is 13.2. The summed E-state index contributed by atoms with van der Waals surface area (Å²) >= 11 is 0. The van der Waals surface area contributed by atoms with E-state index in [2.05, 4.69) is 17.1 Å². The number of rotatable bonds is 10. The van der Waals surface area contributed by atoms with Crippen LogP contribution in [0, 0.1) is 0 Å². The van der Waals surface area contributed by atoms with Crippen LogP contribution in [0.15, 0.2) is 54.6 Å². The van der Waals surface area contributed by atoms with Gasteiger partial charge in [0.15, 0.2) is 0 Å². The molecule has 1 aromatic heterocycles. The number of benzene rings is 2. The van der Waals surface area contributed by atoms with E-state index >= 15 is 0 Å². The Morgan fingerprint density at radius 2 is 1.78 bits per heavy atom.